The predicted molar refractivity (Wildman–Crippen MR) is 101 cm³/mol. The summed E-state index contributed by atoms with van der Waals surface area (Å²) in [6.07, 6.45) is 5.86. The Bertz CT molecular complexity index is 729. The average Bonchev–Trinajstić information content (AvgIpc) is 3.16. The van der Waals surface area contributed by atoms with Gasteiger partial charge in [-0.2, -0.15) is 4.31 Å². The minimum atomic E-state index is -3.45. The largest absolute Gasteiger partial charge is 0.352 e. The molecule has 0 spiro atoms. The van der Waals surface area contributed by atoms with E-state index in [2.05, 4.69) is 5.32 Å². The highest BCUT2D eigenvalue weighted by molar-refractivity contribution is 7.89. The third-order valence-corrected chi connectivity index (χ3v) is 7.51. The smallest absolute Gasteiger partial charge is 0.243 e. The summed E-state index contributed by atoms with van der Waals surface area (Å²) < 4.78 is 27.2. The Labute approximate surface area is 156 Å². The topological polar surface area (TPSA) is 92.5 Å². The van der Waals surface area contributed by atoms with Crippen LogP contribution in [0.2, 0.25) is 0 Å². The molecule has 2 fully saturated rings. The summed E-state index contributed by atoms with van der Waals surface area (Å²) in [5.41, 5.74) is 6.56. The van der Waals surface area contributed by atoms with Crippen LogP contribution in [0.1, 0.15) is 44.1 Å². The summed E-state index contributed by atoms with van der Waals surface area (Å²) in [5, 5.41) is 2.96. The van der Waals surface area contributed by atoms with E-state index in [0.29, 0.717) is 31.1 Å². The number of hydrogen-bond donors (Lipinski definition) is 2. The molecular formula is C19H29N3O3S. The van der Waals surface area contributed by atoms with E-state index in [1.807, 2.05) is 6.07 Å². The van der Waals surface area contributed by atoms with Crippen LogP contribution in [-0.4, -0.2) is 38.3 Å². The summed E-state index contributed by atoms with van der Waals surface area (Å²) in [5.74, 6) is 0.281. The van der Waals surface area contributed by atoms with Crippen LogP contribution >= 0.6 is 0 Å². The molecule has 1 amide bonds. The molecule has 1 aromatic carbocycles. The Morgan fingerprint density at radius 2 is 1.92 bits per heavy atom. The van der Waals surface area contributed by atoms with Gasteiger partial charge in [0.2, 0.25) is 15.9 Å². The van der Waals surface area contributed by atoms with Crippen LogP contribution in [0.25, 0.3) is 0 Å². The molecule has 3 rings (SSSR count). The molecule has 0 bridgehead atoms. The summed E-state index contributed by atoms with van der Waals surface area (Å²) in [4.78, 5) is 12.7. The number of rotatable bonds is 6. The Kier molecular flexibility index (Phi) is 6.32. The summed E-state index contributed by atoms with van der Waals surface area (Å²) in [6, 6.07) is 6.91. The van der Waals surface area contributed by atoms with E-state index in [9.17, 15) is 13.2 Å². The van der Waals surface area contributed by atoms with Crippen LogP contribution < -0.4 is 11.1 Å². The van der Waals surface area contributed by atoms with Gasteiger partial charge in [0.05, 0.1) is 4.90 Å². The highest BCUT2D eigenvalue weighted by Crippen LogP contribution is 2.31. The fourth-order valence-electron chi connectivity index (χ4n) is 4.05. The fraction of sp³-hybridized carbons (Fsp3) is 0.632. The summed E-state index contributed by atoms with van der Waals surface area (Å²) in [7, 11) is -3.45. The first-order valence-corrected chi connectivity index (χ1v) is 11.0. The SMILES string of the molecule is NC[C@H]1CCC[C@H]1C(=O)NCc1cccc(S(=O)(=O)N2CCCCC2)c1. The van der Waals surface area contributed by atoms with Gasteiger partial charge in [0.25, 0.3) is 0 Å². The van der Waals surface area contributed by atoms with Crippen LogP contribution in [0.5, 0.6) is 0 Å². The molecule has 26 heavy (non-hydrogen) atoms. The van der Waals surface area contributed by atoms with Crippen molar-refractivity contribution in [2.75, 3.05) is 19.6 Å². The number of benzene rings is 1. The number of nitrogens with zero attached hydrogens (tertiary/aromatic N) is 1. The molecule has 1 aliphatic heterocycles. The van der Waals surface area contributed by atoms with E-state index in [1.165, 1.54) is 0 Å². The van der Waals surface area contributed by atoms with Crippen LogP contribution in [0.15, 0.2) is 29.2 Å². The molecular weight excluding hydrogens is 350 g/mol. The molecule has 1 aromatic rings. The molecule has 1 saturated carbocycles. The van der Waals surface area contributed by atoms with Gasteiger partial charge < -0.3 is 11.1 Å². The lowest BCUT2D eigenvalue weighted by atomic mass is 9.95. The molecule has 1 heterocycles. The lowest BCUT2D eigenvalue weighted by Gasteiger charge is -2.26. The molecule has 2 atom stereocenters. The number of hydrogen-bond acceptors (Lipinski definition) is 4. The van der Waals surface area contributed by atoms with Gasteiger partial charge in [0.15, 0.2) is 0 Å². The number of nitrogens with one attached hydrogen (secondary N) is 1. The van der Waals surface area contributed by atoms with Crippen LogP contribution in [-0.2, 0) is 21.4 Å². The first kappa shape index (κ1) is 19.3. The van der Waals surface area contributed by atoms with Gasteiger partial charge in [-0.25, -0.2) is 8.42 Å². The van der Waals surface area contributed by atoms with E-state index in [4.69, 9.17) is 5.73 Å². The van der Waals surface area contributed by atoms with E-state index < -0.39 is 10.0 Å². The third-order valence-electron chi connectivity index (χ3n) is 5.62. The fourth-order valence-corrected chi connectivity index (χ4v) is 5.64. The van der Waals surface area contributed by atoms with E-state index in [0.717, 1.165) is 44.1 Å². The second-order valence-electron chi connectivity index (χ2n) is 7.36. The van der Waals surface area contributed by atoms with Gasteiger partial charge in [-0.05, 0) is 55.8 Å². The minimum absolute atomic E-state index is 0.0136. The van der Waals surface area contributed by atoms with E-state index >= 15 is 0 Å². The van der Waals surface area contributed by atoms with Crippen molar-refractivity contribution < 1.29 is 13.2 Å². The maximum atomic E-state index is 12.8. The lowest BCUT2D eigenvalue weighted by Crippen LogP contribution is -2.36. The number of piperidine rings is 1. The molecule has 3 N–H and O–H groups in total. The molecule has 0 unspecified atom stereocenters. The molecule has 7 heteroatoms. The monoisotopic (exact) mass is 379 g/mol. The van der Waals surface area contributed by atoms with Crippen molar-refractivity contribution in [1.29, 1.82) is 0 Å². The van der Waals surface area contributed by atoms with Crippen molar-refractivity contribution >= 4 is 15.9 Å². The summed E-state index contributed by atoms with van der Waals surface area (Å²) >= 11 is 0. The Balaban J connectivity index is 1.65. The zero-order valence-electron chi connectivity index (χ0n) is 15.2. The molecule has 1 saturated heterocycles. The van der Waals surface area contributed by atoms with Crippen LogP contribution in [0.3, 0.4) is 0 Å². The van der Waals surface area contributed by atoms with Crippen molar-refractivity contribution in [1.82, 2.24) is 9.62 Å². The maximum Gasteiger partial charge on any atom is 0.243 e. The van der Waals surface area contributed by atoms with Gasteiger partial charge in [0, 0.05) is 25.6 Å². The van der Waals surface area contributed by atoms with Gasteiger partial charge in [0.1, 0.15) is 0 Å². The second-order valence-corrected chi connectivity index (χ2v) is 9.30. The van der Waals surface area contributed by atoms with Crippen LogP contribution in [0, 0.1) is 11.8 Å². The predicted octanol–water partition coefficient (Wildman–Crippen LogP) is 1.85. The number of amides is 1. The highest BCUT2D eigenvalue weighted by Gasteiger charge is 2.31. The Morgan fingerprint density at radius 1 is 1.15 bits per heavy atom. The third kappa shape index (κ3) is 4.27. The Morgan fingerprint density at radius 3 is 2.65 bits per heavy atom. The normalized spacial score (nSPS) is 24.5. The van der Waals surface area contributed by atoms with Crippen molar-refractivity contribution in [3.63, 3.8) is 0 Å². The van der Waals surface area contributed by atoms with Gasteiger partial charge in [-0.1, -0.05) is 25.0 Å². The quantitative estimate of drug-likeness (QED) is 0.789. The van der Waals surface area contributed by atoms with Crippen LogP contribution in [0.4, 0.5) is 0 Å². The number of nitrogens with two attached hydrogens (primary N) is 1. The molecule has 144 valence electrons. The average molecular weight is 380 g/mol. The highest BCUT2D eigenvalue weighted by atomic mass is 32.2. The molecule has 0 aromatic heterocycles. The zero-order valence-corrected chi connectivity index (χ0v) is 16.0. The molecule has 2 aliphatic rings. The van der Waals surface area contributed by atoms with Crippen molar-refractivity contribution in [2.45, 2.75) is 50.0 Å². The van der Waals surface area contributed by atoms with Gasteiger partial charge >= 0.3 is 0 Å². The van der Waals surface area contributed by atoms with Crippen molar-refractivity contribution in [3.8, 4) is 0 Å². The first-order chi connectivity index (χ1) is 12.5. The Hall–Kier alpha value is -1.44. The van der Waals surface area contributed by atoms with Crippen molar-refractivity contribution in [2.24, 2.45) is 17.6 Å². The minimum Gasteiger partial charge on any atom is -0.352 e. The van der Waals surface area contributed by atoms with E-state index in [-0.39, 0.29) is 17.7 Å². The zero-order chi connectivity index (χ0) is 18.6. The van der Waals surface area contributed by atoms with Gasteiger partial charge in [-0.15, -0.1) is 0 Å². The van der Waals surface area contributed by atoms with Gasteiger partial charge in [-0.3, -0.25) is 4.79 Å². The number of carbonyl (C=O) groups excluding carboxylic acids is 1. The maximum absolute atomic E-state index is 12.8. The molecule has 1 aliphatic carbocycles. The number of carbonyl (C=O) groups is 1. The molecule has 0 radical (unpaired) electrons. The molecule has 6 nitrogen and oxygen atoms in total. The number of sulfonamides is 1. The standard InChI is InChI=1S/C19H29N3O3S/c20-13-16-7-5-9-18(16)19(23)21-14-15-6-4-8-17(12-15)26(24,25)22-10-2-1-3-11-22/h4,6,8,12,16,18H,1-3,5,7,9-11,13-14,20H2,(H,21,23)/t16-,18-/m1/s1. The second kappa shape index (κ2) is 8.50. The lowest BCUT2D eigenvalue weighted by molar-refractivity contribution is -0.126. The van der Waals surface area contributed by atoms with Crippen molar-refractivity contribution in [3.05, 3.63) is 29.8 Å². The summed E-state index contributed by atoms with van der Waals surface area (Å²) in [6.45, 7) is 2.06. The van der Waals surface area contributed by atoms with E-state index in [1.54, 1.807) is 22.5 Å². The first-order valence-electron chi connectivity index (χ1n) is 9.59.